The maximum atomic E-state index is 13.8. The minimum Gasteiger partial charge on any atom is -0.479 e. The molecule has 0 amide bonds. The lowest BCUT2D eigenvalue weighted by molar-refractivity contribution is -0.141. The van der Waals surface area contributed by atoms with Crippen LogP contribution in [0.4, 0.5) is 0 Å². The molecule has 4 aromatic rings. The number of ketones is 1. The number of benzene rings is 1. The first-order chi connectivity index (χ1) is 16.0. The largest absolute Gasteiger partial charge is 0.479 e. The predicted octanol–water partition coefficient (Wildman–Crippen LogP) is 1.77. The average Bonchev–Trinajstić information content (AvgIpc) is 2.82. The van der Waals surface area contributed by atoms with Gasteiger partial charge >= 0.3 is 5.97 Å². The fraction of sp³-hybridized carbons (Fsp3) is 0.0870. The Morgan fingerprint density at radius 2 is 1.68 bits per heavy atom. The molecule has 0 aliphatic carbocycles. The lowest BCUT2D eigenvalue weighted by atomic mass is 9.84. The van der Waals surface area contributed by atoms with E-state index < -0.39 is 37.8 Å². The monoisotopic (exact) mass is 477 g/mol. The lowest BCUT2D eigenvalue weighted by Gasteiger charge is -2.25. The highest BCUT2D eigenvalue weighted by Crippen LogP contribution is 2.32. The van der Waals surface area contributed by atoms with E-state index in [2.05, 4.69) is 15.0 Å². The van der Waals surface area contributed by atoms with Crippen molar-refractivity contribution in [2.45, 2.75) is 17.4 Å². The van der Waals surface area contributed by atoms with Crippen LogP contribution in [0.5, 0.6) is 0 Å². The fourth-order valence-corrected chi connectivity index (χ4v) is 4.48. The number of pyridine rings is 3. The third-order valence-electron chi connectivity index (χ3n) is 5.37. The van der Waals surface area contributed by atoms with Gasteiger partial charge in [-0.1, -0.05) is 30.3 Å². The molecule has 0 aliphatic rings. The molecule has 1 aromatic carbocycles. The first-order valence-electron chi connectivity index (χ1n) is 9.92. The lowest BCUT2D eigenvalue weighted by Crippen LogP contribution is -2.53. The normalized spacial score (nSPS) is 13.4. The van der Waals surface area contributed by atoms with Crippen LogP contribution in [0.1, 0.15) is 21.6 Å². The number of aryl methyl sites for hydroxylation is 1. The smallest absolute Gasteiger partial charge is 0.336 e. The molecule has 0 saturated heterocycles. The van der Waals surface area contributed by atoms with E-state index in [1.54, 1.807) is 30.5 Å². The van der Waals surface area contributed by atoms with Gasteiger partial charge in [-0.2, -0.15) is 0 Å². The van der Waals surface area contributed by atoms with Gasteiger partial charge in [-0.25, -0.2) is 23.3 Å². The third-order valence-corrected chi connectivity index (χ3v) is 6.34. The van der Waals surface area contributed by atoms with Crippen LogP contribution in [0, 0.1) is 6.92 Å². The van der Waals surface area contributed by atoms with Gasteiger partial charge in [0.05, 0.1) is 21.8 Å². The molecule has 172 valence electrons. The molecule has 5 N–H and O–H groups in total. The maximum Gasteiger partial charge on any atom is 0.336 e. The van der Waals surface area contributed by atoms with E-state index in [-0.39, 0.29) is 11.2 Å². The molecular formula is C23H19N5O5S. The number of aliphatic carboxylic acids is 1. The van der Waals surface area contributed by atoms with Gasteiger partial charge in [0, 0.05) is 23.3 Å². The van der Waals surface area contributed by atoms with Crippen molar-refractivity contribution >= 4 is 32.7 Å². The molecule has 1 atom stereocenters. The second kappa shape index (κ2) is 8.37. The highest BCUT2D eigenvalue weighted by Gasteiger charge is 2.48. The standard InChI is InChI=1S/C23H19N5O5S/c1-13-6-4-10-26-18(13)16-12-14-7-5-11-27-19(14)20(28-16)21(29)23(24,22(30)31)15-8-2-3-9-17(15)34(25,32)33/h2-12H,24H2,1H3,(H,30,31)(H2,25,32,33). The molecule has 1 unspecified atom stereocenters. The Morgan fingerprint density at radius 1 is 1.00 bits per heavy atom. The van der Waals surface area contributed by atoms with Crippen LogP contribution < -0.4 is 10.9 Å². The minimum absolute atomic E-state index is 0.106. The van der Waals surface area contributed by atoms with Crippen LogP contribution >= 0.6 is 0 Å². The van der Waals surface area contributed by atoms with Gasteiger partial charge in [-0.15, -0.1) is 0 Å². The molecule has 10 nitrogen and oxygen atoms in total. The highest BCUT2D eigenvalue weighted by molar-refractivity contribution is 7.89. The molecule has 11 heteroatoms. The quantitative estimate of drug-likeness (QED) is 0.275. The molecule has 34 heavy (non-hydrogen) atoms. The fourth-order valence-electron chi connectivity index (χ4n) is 3.68. The third kappa shape index (κ3) is 3.81. The van der Waals surface area contributed by atoms with Crippen molar-refractivity contribution in [3.05, 3.63) is 83.8 Å². The Morgan fingerprint density at radius 3 is 2.35 bits per heavy atom. The summed E-state index contributed by atoms with van der Waals surface area (Å²) in [6.45, 7) is 1.81. The number of carboxylic acid groups (broad SMARTS) is 1. The van der Waals surface area contributed by atoms with E-state index in [0.717, 1.165) is 17.7 Å². The summed E-state index contributed by atoms with van der Waals surface area (Å²) in [5.74, 6) is -2.94. The van der Waals surface area contributed by atoms with Crippen LogP contribution in [-0.2, 0) is 20.4 Å². The minimum atomic E-state index is -4.41. The van der Waals surface area contributed by atoms with Crippen molar-refractivity contribution in [3.8, 4) is 11.4 Å². The van der Waals surface area contributed by atoms with E-state index in [1.165, 1.54) is 18.3 Å². The van der Waals surface area contributed by atoms with Crippen LogP contribution in [-0.4, -0.2) is 40.2 Å². The van der Waals surface area contributed by atoms with Crippen LogP contribution in [0.3, 0.4) is 0 Å². The number of primary sulfonamides is 1. The molecule has 0 fully saturated rings. The van der Waals surface area contributed by atoms with Crippen LogP contribution in [0.25, 0.3) is 22.3 Å². The summed E-state index contributed by atoms with van der Waals surface area (Å²) in [4.78, 5) is 38.6. The summed E-state index contributed by atoms with van der Waals surface area (Å²) < 4.78 is 24.3. The highest BCUT2D eigenvalue weighted by atomic mass is 32.2. The van der Waals surface area contributed by atoms with Crippen LogP contribution in [0.15, 0.2) is 71.9 Å². The van der Waals surface area contributed by atoms with Crippen LogP contribution in [0.2, 0.25) is 0 Å². The van der Waals surface area contributed by atoms with Gasteiger partial charge < -0.3 is 10.8 Å². The van der Waals surface area contributed by atoms with Crippen molar-refractivity contribution in [2.75, 3.05) is 0 Å². The number of carbonyl (C=O) groups is 2. The molecule has 4 rings (SSSR count). The summed E-state index contributed by atoms with van der Waals surface area (Å²) in [6.07, 6.45) is 2.98. The van der Waals surface area contributed by atoms with Gasteiger partial charge in [-0.3, -0.25) is 14.8 Å². The number of sulfonamides is 1. The number of rotatable bonds is 6. The molecule has 0 aliphatic heterocycles. The number of carboxylic acids is 1. The number of nitrogens with two attached hydrogens (primary N) is 2. The molecule has 0 bridgehead atoms. The van der Waals surface area contributed by atoms with Crippen molar-refractivity contribution in [1.29, 1.82) is 0 Å². The Hall–Kier alpha value is -4.06. The molecule has 0 saturated carbocycles. The molecule has 0 spiro atoms. The number of nitrogens with zero attached hydrogens (tertiary/aromatic N) is 3. The van der Waals surface area contributed by atoms with Gasteiger partial charge in [0.2, 0.25) is 21.3 Å². The number of fused-ring (bicyclic) bond motifs is 1. The molecule has 0 radical (unpaired) electrons. The van der Waals surface area contributed by atoms with E-state index in [9.17, 15) is 23.1 Å². The second-order valence-corrected chi connectivity index (χ2v) is 9.11. The Kier molecular flexibility index (Phi) is 5.69. The second-order valence-electron chi connectivity index (χ2n) is 7.58. The SMILES string of the molecule is Cc1cccnc1-c1cc2cccnc2c(C(=O)C(N)(C(=O)O)c2ccccc2S(N)(=O)=O)n1. The number of Topliss-reactive ketones (excluding diaryl/α,β-unsaturated/α-hetero) is 1. The maximum absolute atomic E-state index is 13.8. The summed E-state index contributed by atoms with van der Waals surface area (Å²) in [7, 11) is -4.41. The van der Waals surface area contributed by atoms with Crippen molar-refractivity contribution in [1.82, 2.24) is 15.0 Å². The molecule has 3 heterocycles. The van der Waals surface area contributed by atoms with E-state index in [1.807, 2.05) is 13.0 Å². The zero-order valence-electron chi connectivity index (χ0n) is 17.8. The summed E-state index contributed by atoms with van der Waals surface area (Å²) in [6, 6.07) is 13.5. The van der Waals surface area contributed by atoms with E-state index in [4.69, 9.17) is 10.9 Å². The predicted molar refractivity (Wildman–Crippen MR) is 123 cm³/mol. The summed E-state index contributed by atoms with van der Waals surface area (Å²) in [5, 5.41) is 15.8. The summed E-state index contributed by atoms with van der Waals surface area (Å²) in [5.41, 5.74) is 4.20. The van der Waals surface area contributed by atoms with Crippen molar-refractivity contribution in [3.63, 3.8) is 0 Å². The average molecular weight is 478 g/mol. The number of hydrogen-bond donors (Lipinski definition) is 3. The number of hydrogen-bond acceptors (Lipinski definition) is 8. The topological polar surface area (TPSA) is 179 Å². The zero-order valence-corrected chi connectivity index (χ0v) is 18.7. The first kappa shape index (κ1) is 23.1. The van der Waals surface area contributed by atoms with Gasteiger partial charge in [0.15, 0.2) is 0 Å². The Balaban J connectivity index is 2.03. The number of carbonyl (C=O) groups excluding carboxylic acids is 1. The Bertz CT molecular complexity index is 1570. The van der Waals surface area contributed by atoms with Gasteiger partial charge in [0.25, 0.3) is 0 Å². The first-order valence-corrected chi connectivity index (χ1v) is 11.5. The van der Waals surface area contributed by atoms with E-state index in [0.29, 0.717) is 16.8 Å². The van der Waals surface area contributed by atoms with Gasteiger partial charge in [-0.05, 0) is 36.8 Å². The zero-order chi connectivity index (χ0) is 24.7. The Labute approximate surface area is 194 Å². The molecular weight excluding hydrogens is 458 g/mol. The van der Waals surface area contributed by atoms with Gasteiger partial charge in [0.1, 0.15) is 5.69 Å². The number of aromatic nitrogens is 3. The van der Waals surface area contributed by atoms with E-state index >= 15 is 0 Å². The van der Waals surface area contributed by atoms with Crippen molar-refractivity contribution in [2.24, 2.45) is 10.9 Å². The molecule has 3 aromatic heterocycles. The summed E-state index contributed by atoms with van der Waals surface area (Å²) >= 11 is 0. The van der Waals surface area contributed by atoms with Crippen molar-refractivity contribution < 1.29 is 23.1 Å².